The van der Waals surface area contributed by atoms with E-state index >= 15 is 0 Å². The van der Waals surface area contributed by atoms with Crippen LogP contribution in [0.5, 0.6) is 11.5 Å². The van der Waals surface area contributed by atoms with Crippen LogP contribution in [-0.2, 0) is 19.6 Å². The van der Waals surface area contributed by atoms with Crippen molar-refractivity contribution in [1.82, 2.24) is 24.8 Å². The minimum Gasteiger partial charge on any atom is -0.496 e. The Kier molecular flexibility index (Phi) is 8.32. The molecule has 4 aliphatic rings. The Morgan fingerprint density at radius 2 is 1.98 bits per heavy atom. The Balaban J connectivity index is 1.30. The zero-order valence-electron chi connectivity index (χ0n) is 27.0. The molecule has 0 radical (unpaired) electrons. The number of aromatic nitrogens is 1. The van der Waals surface area contributed by atoms with Crippen LogP contribution in [0.3, 0.4) is 0 Å². The molecule has 3 heterocycles. The first-order valence-electron chi connectivity index (χ1n) is 15.9. The highest BCUT2D eigenvalue weighted by Crippen LogP contribution is 2.47. The molecule has 0 spiro atoms. The average Bonchev–Trinajstić information content (AvgIpc) is 3.92. The Bertz CT molecular complexity index is 1820. The molecule has 4 amide bonds. The number of aryl methyl sites for hydroxylation is 1. The number of urea groups is 1. The Hall–Kier alpha value is -4.38. The van der Waals surface area contributed by atoms with E-state index in [1.807, 2.05) is 19.1 Å². The molecule has 13 nitrogen and oxygen atoms in total. The third kappa shape index (κ3) is 5.97. The van der Waals surface area contributed by atoms with Crippen LogP contribution in [-0.4, -0.2) is 90.7 Å². The van der Waals surface area contributed by atoms with E-state index < -0.39 is 50.3 Å². The van der Waals surface area contributed by atoms with Gasteiger partial charge in [0.2, 0.25) is 15.9 Å². The molecular weight excluding hydrogens is 624 g/mol. The topological polar surface area (TPSA) is 171 Å². The molecule has 2 aliphatic carbocycles. The number of amides is 4. The van der Waals surface area contributed by atoms with Gasteiger partial charge in [0.1, 0.15) is 40.9 Å². The summed E-state index contributed by atoms with van der Waals surface area (Å²) >= 11 is 0. The highest BCUT2D eigenvalue weighted by Gasteiger charge is 2.63. The molecule has 2 saturated carbocycles. The fourth-order valence-corrected chi connectivity index (χ4v) is 7.85. The number of pyridine rings is 1. The summed E-state index contributed by atoms with van der Waals surface area (Å²) in [7, 11) is -0.683. The summed E-state index contributed by atoms with van der Waals surface area (Å²) in [5.41, 5.74) is -0.0425. The lowest BCUT2D eigenvalue weighted by molar-refractivity contribution is -0.134. The molecule has 1 saturated heterocycles. The van der Waals surface area contributed by atoms with E-state index in [0.717, 1.165) is 24.8 Å². The average molecular weight is 665 g/mol. The number of carbonyl (C=O) groups excluding carboxylic acids is 3. The first-order chi connectivity index (χ1) is 22.3. The molecule has 2 aliphatic heterocycles. The normalized spacial score (nSPS) is 27.9. The second-order valence-electron chi connectivity index (χ2n) is 13.3. The molecule has 1 aromatic carbocycles. The number of benzene rings is 1. The van der Waals surface area contributed by atoms with Gasteiger partial charge in [0.25, 0.3) is 5.91 Å². The molecule has 1 aromatic heterocycles. The Labute approximate surface area is 274 Å². The fraction of sp³-hybridized carbons (Fsp3) is 0.545. The maximum atomic E-state index is 14.0. The van der Waals surface area contributed by atoms with Crippen LogP contribution in [0.4, 0.5) is 4.79 Å². The van der Waals surface area contributed by atoms with Crippen LogP contribution in [0.1, 0.15) is 63.1 Å². The number of nitriles is 1. The van der Waals surface area contributed by atoms with Crippen molar-refractivity contribution < 1.29 is 32.3 Å². The zero-order valence-corrected chi connectivity index (χ0v) is 27.9. The van der Waals surface area contributed by atoms with E-state index in [-0.39, 0.29) is 31.0 Å². The van der Waals surface area contributed by atoms with Gasteiger partial charge in [0.05, 0.1) is 23.9 Å². The molecule has 6 rings (SSSR count). The molecule has 47 heavy (non-hydrogen) atoms. The minimum atomic E-state index is -3.94. The van der Waals surface area contributed by atoms with Gasteiger partial charge in [-0.25, -0.2) is 18.2 Å². The van der Waals surface area contributed by atoms with Gasteiger partial charge in [-0.05, 0) is 64.5 Å². The van der Waals surface area contributed by atoms with Crippen molar-refractivity contribution in [3.63, 3.8) is 0 Å². The lowest BCUT2D eigenvalue weighted by atomic mass is 10.1. The van der Waals surface area contributed by atoms with E-state index in [9.17, 15) is 28.1 Å². The number of hydrogen-bond acceptors (Lipinski definition) is 9. The van der Waals surface area contributed by atoms with Gasteiger partial charge < -0.3 is 24.6 Å². The second-order valence-corrected chi connectivity index (χ2v) is 15.5. The maximum Gasteiger partial charge on any atom is 0.319 e. The van der Waals surface area contributed by atoms with E-state index in [1.165, 1.54) is 11.0 Å². The van der Waals surface area contributed by atoms with Crippen LogP contribution in [0.2, 0.25) is 0 Å². The first kappa shape index (κ1) is 32.6. The standard InChI is InChI=1S/C33H40N6O7S/c1-20-26(45-4)11-10-24-27(15-22(18-34)35-28(20)24)46-23-16-25-29(40)38(3)14-8-6-5-7-9-21-17-33(21,36-31(42)39(25)19-23)30(41)37-47(43,44)32(2)12-13-32/h7,9-11,15,21,23,25H,5-6,8,12-14,16-17,19H2,1-4H3,(H,36,42)(H,37,41)/b9-7+/t21-,23+,25+,33-/m1/s1. The second kappa shape index (κ2) is 12.0. The van der Waals surface area contributed by atoms with E-state index in [0.29, 0.717) is 41.8 Å². The zero-order chi connectivity index (χ0) is 33.7. The van der Waals surface area contributed by atoms with Gasteiger partial charge in [-0.15, -0.1) is 0 Å². The smallest absolute Gasteiger partial charge is 0.319 e. The number of carbonyl (C=O) groups is 3. The molecule has 3 fully saturated rings. The third-order valence-electron chi connectivity index (χ3n) is 10.0. The Morgan fingerprint density at radius 1 is 1.21 bits per heavy atom. The maximum absolute atomic E-state index is 14.0. The fourth-order valence-electron chi connectivity index (χ4n) is 6.54. The summed E-state index contributed by atoms with van der Waals surface area (Å²) in [6.07, 6.45) is 6.81. The van der Waals surface area contributed by atoms with Crippen LogP contribution < -0.4 is 19.5 Å². The third-order valence-corrected chi connectivity index (χ3v) is 12.2. The number of hydrogen-bond donors (Lipinski definition) is 2. The number of nitrogens with one attached hydrogen (secondary N) is 2. The van der Waals surface area contributed by atoms with Crippen molar-refractivity contribution in [2.75, 3.05) is 27.2 Å². The van der Waals surface area contributed by atoms with Crippen molar-refractivity contribution in [3.05, 3.63) is 41.6 Å². The minimum absolute atomic E-state index is 0.0193. The van der Waals surface area contributed by atoms with E-state index in [2.05, 4.69) is 21.1 Å². The molecule has 0 bridgehead atoms. The number of fused-ring (bicyclic) bond motifs is 3. The SMILES string of the molecule is COc1ccc2c(O[C@H]3C[C@H]4C(=O)N(C)CCCC/C=C/[C@@H]5C[C@@]5(C(=O)NS(=O)(=O)C5(C)CC5)NC(=O)N4C3)cc(C#N)nc2c1C. The largest absolute Gasteiger partial charge is 0.496 e. The predicted octanol–water partition coefficient (Wildman–Crippen LogP) is 2.91. The van der Waals surface area contributed by atoms with E-state index in [4.69, 9.17) is 9.47 Å². The number of methoxy groups -OCH3 is 1. The van der Waals surface area contributed by atoms with Crippen LogP contribution in [0.15, 0.2) is 30.4 Å². The van der Waals surface area contributed by atoms with Crippen LogP contribution in [0.25, 0.3) is 10.9 Å². The van der Waals surface area contributed by atoms with Gasteiger partial charge in [-0.1, -0.05) is 12.2 Å². The molecule has 0 unspecified atom stereocenters. The summed E-state index contributed by atoms with van der Waals surface area (Å²) in [5.74, 6) is -0.428. The molecule has 4 atom stereocenters. The number of likely N-dealkylation sites (N-methyl/N-ethyl adjacent to an activating group) is 1. The van der Waals surface area contributed by atoms with Crippen LogP contribution in [0, 0.1) is 24.2 Å². The lowest BCUT2D eigenvalue weighted by Gasteiger charge is -2.30. The summed E-state index contributed by atoms with van der Waals surface area (Å²) < 4.78 is 39.1. The van der Waals surface area contributed by atoms with Gasteiger partial charge in [-0.3, -0.25) is 14.3 Å². The van der Waals surface area contributed by atoms with Gasteiger partial charge in [0, 0.05) is 42.9 Å². The van der Waals surface area contributed by atoms with Gasteiger partial charge in [0.15, 0.2) is 0 Å². The Morgan fingerprint density at radius 3 is 2.68 bits per heavy atom. The quantitative estimate of drug-likeness (QED) is 0.441. The van der Waals surface area contributed by atoms with Crippen molar-refractivity contribution in [3.8, 4) is 17.6 Å². The summed E-state index contributed by atoms with van der Waals surface area (Å²) in [4.78, 5) is 48.9. The van der Waals surface area contributed by atoms with Crippen molar-refractivity contribution in [2.45, 2.75) is 81.2 Å². The summed E-state index contributed by atoms with van der Waals surface area (Å²) in [6.45, 7) is 3.96. The molecule has 2 N–H and O–H groups in total. The van der Waals surface area contributed by atoms with Crippen molar-refractivity contribution in [1.29, 1.82) is 5.26 Å². The van der Waals surface area contributed by atoms with Crippen LogP contribution >= 0.6 is 0 Å². The number of rotatable bonds is 6. The number of allylic oxidation sites excluding steroid dienone is 1. The number of sulfonamides is 1. The summed E-state index contributed by atoms with van der Waals surface area (Å²) in [5, 5.41) is 13.2. The van der Waals surface area contributed by atoms with Gasteiger partial charge in [-0.2, -0.15) is 5.26 Å². The molecular formula is C33H40N6O7S. The first-order valence-corrected chi connectivity index (χ1v) is 17.4. The lowest BCUT2D eigenvalue weighted by Crippen LogP contribution is -2.58. The molecule has 250 valence electrons. The van der Waals surface area contributed by atoms with Gasteiger partial charge >= 0.3 is 6.03 Å². The number of nitrogens with zero attached hydrogens (tertiary/aromatic N) is 4. The molecule has 2 aromatic rings. The van der Waals surface area contributed by atoms with Crippen molar-refractivity contribution in [2.24, 2.45) is 5.92 Å². The highest BCUT2D eigenvalue weighted by molar-refractivity contribution is 7.91. The van der Waals surface area contributed by atoms with Crippen molar-refractivity contribution >= 4 is 38.8 Å². The highest BCUT2D eigenvalue weighted by atomic mass is 32.2. The number of ether oxygens (including phenoxy) is 2. The predicted molar refractivity (Wildman–Crippen MR) is 172 cm³/mol. The molecule has 14 heteroatoms. The monoisotopic (exact) mass is 664 g/mol. The summed E-state index contributed by atoms with van der Waals surface area (Å²) in [6, 6.07) is 5.65. The van der Waals surface area contributed by atoms with E-state index in [1.54, 1.807) is 38.1 Å².